The predicted octanol–water partition coefficient (Wildman–Crippen LogP) is 2.32. The molecule has 3 aliphatic rings. The molecular weight excluding hydrogens is 394 g/mol. The summed E-state index contributed by atoms with van der Waals surface area (Å²) in [6.07, 6.45) is 11.8. The van der Waals surface area contributed by atoms with Crippen molar-refractivity contribution in [2.75, 3.05) is 18.8 Å². The van der Waals surface area contributed by atoms with Gasteiger partial charge >= 0.3 is 5.97 Å². The van der Waals surface area contributed by atoms with Crippen molar-refractivity contribution in [2.45, 2.75) is 57.2 Å². The van der Waals surface area contributed by atoms with E-state index in [9.17, 15) is 14.7 Å². The van der Waals surface area contributed by atoms with Gasteiger partial charge in [0.05, 0.1) is 18.6 Å². The fraction of sp³-hybridized carbons (Fsp3) is 0.522. The third-order valence-electron chi connectivity index (χ3n) is 6.48. The molecule has 31 heavy (non-hydrogen) atoms. The second-order valence-corrected chi connectivity index (χ2v) is 8.61. The number of aromatic nitrogens is 1. The van der Waals surface area contributed by atoms with Gasteiger partial charge in [-0.05, 0) is 68.3 Å². The highest BCUT2D eigenvalue weighted by Gasteiger charge is 2.37. The quantitative estimate of drug-likeness (QED) is 0.504. The maximum atomic E-state index is 13.1. The Morgan fingerprint density at radius 1 is 1.35 bits per heavy atom. The van der Waals surface area contributed by atoms with Crippen LogP contribution in [-0.2, 0) is 9.59 Å². The first-order valence-electron chi connectivity index (χ1n) is 11.1. The van der Waals surface area contributed by atoms with Gasteiger partial charge in [-0.2, -0.15) is 0 Å². The van der Waals surface area contributed by atoms with E-state index in [4.69, 9.17) is 5.73 Å². The van der Waals surface area contributed by atoms with Crippen molar-refractivity contribution < 1.29 is 14.7 Å². The lowest BCUT2D eigenvalue weighted by Crippen LogP contribution is -2.47. The molecule has 0 saturated carbocycles. The monoisotopic (exact) mass is 425 g/mol. The lowest BCUT2D eigenvalue weighted by molar-refractivity contribution is -0.140. The van der Waals surface area contributed by atoms with Gasteiger partial charge in [0.2, 0.25) is 5.91 Å². The number of fused-ring (bicyclic) bond motifs is 1. The number of dihydropyridines is 1. The smallest absolute Gasteiger partial charge is 0.305 e. The zero-order valence-electron chi connectivity index (χ0n) is 17.7. The molecule has 1 aromatic rings. The lowest BCUT2D eigenvalue weighted by Gasteiger charge is -2.32. The van der Waals surface area contributed by atoms with Gasteiger partial charge in [0.15, 0.2) is 0 Å². The molecule has 3 atom stereocenters. The van der Waals surface area contributed by atoms with Crippen molar-refractivity contribution >= 4 is 17.7 Å². The minimum absolute atomic E-state index is 0.0461. The standard InChI is InChI=1S/C23H31N5O3/c24-20-9-7-17(14-26-20)19(13-21(29)30)28-12-10-16(23(28)31)3-1-5-18-8-6-15-4-2-11-25-22(15)27-18/h6-9,14,16,19,22,25,27H,1-5,10-13H2,(H2,24,26)(H,29,30)/t16?,19-,22?/m0/s1. The van der Waals surface area contributed by atoms with Gasteiger partial charge in [-0.15, -0.1) is 0 Å². The predicted molar refractivity (Wildman–Crippen MR) is 118 cm³/mol. The van der Waals surface area contributed by atoms with Gasteiger partial charge in [0, 0.05) is 24.4 Å². The molecule has 5 N–H and O–H groups in total. The van der Waals surface area contributed by atoms with E-state index in [2.05, 4.69) is 27.8 Å². The second-order valence-electron chi connectivity index (χ2n) is 8.61. The second kappa shape index (κ2) is 9.51. The van der Waals surface area contributed by atoms with E-state index in [1.807, 2.05) is 0 Å². The molecule has 0 aromatic carbocycles. The van der Waals surface area contributed by atoms with E-state index in [0.717, 1.165) is 38.6 Å². The minimum atomic E-state index is -0.933. The summed E-state index contributed by atoms with van der Waals surface area (Å²) in [4.78, 5) is 30.3. The number of pyridine rings is 1. The number of carboxylic acids is 1. The molecule has 0 bridgehead atoms. The Hall–Kier alpha value is -2.87. The first kappa shape index (κ1) is 21.4. The number of hydrogen-bond acceptors (Lipinski definition) is 6. The Bertz CT molecular complexity index is 880. The van der Waals surface area contributed by atoms with E-state index in [0.29, 0.717) is 17.9 Å². The molecule has 2 fully saturated rings. The molecule has 4 heterocycles. The molecule has 8 heteroatoms. The summed E-state index contributed by atoms with van der Waals surface area (Å²) in [6, 6.07) is 2.90. The SMILES string of the molecule is Nc1ccc([C@H](CC(=O)O)N2CCC(CCCC3=CC=C4CCCNC4N3)C2=O)cn1. The Kier molecular flexibility index (Phi) is 6.56. The van der Waals surface area contributed by atoms with Crippen LogP contribution in [0.4, 0.5) is 5.82 Å². The van der Waals surface area contributed by atoms with Crippen molar-refractivity contribution in [3.05, 3.63) is 47.3 Å². The van der Waals surface area contributed by atoms with E-state index in [1.54, 1.807) is 23.2 Å². The number of anilines is 1. The van der Waals surface area contributed by atoms with Gasteiger partial charge in [-0.25, -0.2) is 4.98 Å². The van der Waals surface area contributed by atoms with Crippen LogP contribution in [0.1, 0.15) is 56.6 Å². The van der Waals surface area contributed by atoms with Crippen LogP contribution in [0.25, 0.3) is 0 Å². The number of carbonyl (C=O) groups excluding carboxylic acids is 1. The van der Waals surface area contributed by atoms with Crippen LogP contribution in [0.3, 0.4) is 0 Å². The highest BCUT2D eigenvalue weighted by atomic mass is 16.4. The number of nitrogen functional groups attached to an aromatic ring is 1. The summed E-state index contributed by atoms with van der Waals surface area (Å²) in [5.41, 5.74) is 9.00. The fourth-order valence-electron chi connectivity index (χ4n) is 4.80. The molecule has 1 aromatic heterocycles. The van der Waals surface area contributed by atoms with E-state index >= 15 is 0 Å². The van der Waals surface area contributed by atoms with Crippen molar-refractivity contribution in [1.82, 2.24) is 20.5 Å². The molecule has 166 valence electrons. The zero-order chi connectivity index (χ0) is 21.8. The number of nitrogens with zero attached hydrogens (tertiary/aromatic N) is 2. The van der Waals surface area contributed by atoms with Crippen LogP contribution in [-0.4, -0.2) is 46.1 Å². The number of piperidine rings is 1. The molecule has 3 aliphatic heterocycles. The number of likely N-dealkylation sites (tertiary alicyclic amines) is 1. The third kappa shape index (κ3) is 5.07. The van der Waals surface area contributed by atoms with Crippen LogP contribution in [0.15, 0.2) is 41.8 Å². The number of rotatable bonds is 8. The number of hydrogen-bond donors (Lipinski definition) is 4. The Labute approximate surface area is 182 Å². The summed E-state index contributed by atoms with van der Waals surface area (Å²) in [5.74, 6) is -0.567. The lowest BCUT2D eigenvalue weighted by atomic mass is 9.96. The number of aliphatic carboxylic acids is 1. The van der Waals surface area contributed by atoms with Crippen LogP contribution in [0, 0.1) is 5.92 Å². The first-order valence-corrected chi connectivity index (χ1v) is 11.1. The average molecular weight is 426 g/mol. The Morgan fingerprint density at radius 2 is 2.23 bits per heavy atom. The summed E-state index contributed by atoms with van der Waals surface area (Å²) in [7, 11) is 0. The number of allylic oxidation sites excluding steroid dienone is 3. The molecule has 4 rings (SSSR count). The summed E-state index contributed by atoms with van der Waals surface area (Å²) < 4.78 is 0. The first-order chi connectivity index (χ1) is 15.0. The van der Waals surface area contributed by atoms with E-state index in [-0.39, 0.29) is 24.4 Å². The summed E-state index contributed by atoms with van der Waals surface area (Å²) in [5, 5.41) is 16.4. The minimum Gasteiger partial charge on any atom is -0.481 e. The van der Waals surface area contributed by atoms with Gasteiger partial charge in [-0.1, -0.05) is 12.1 Å². The van der Waals surface area contributed by atoms with Crippen LogP contribution < -0.4 is 16.4 Å². The summed E-state index contributed by atoms with van der Waals surface area (Å²) >= 11 is 0. The fourth-order valence-corrected chi connectivity index (χ4v) is 4.80. The van der Waals surface area contributed by atoms with Crippen molar-refractivity contribution in [3.8, 4) is 0 Å². The van der Waals surface area contributed by atoms with Crippen LogP contribution in [0.5, 0.6) is 0 Å². The molecule has 2 saturated heterocycles. The molecule has 0 radical (unpaired) electrons. The molecule has 1 amide bonds. The van der Waals surface area contributed by atoms with E-state index < -0.39 is 12.0 Å². The number of nitrogens with two attached hydrogens (primary N) is 1. The van der Waals surface area contributed by atoms with Gasteiger partial charge in [0.25, 0.3) is 0 Å². The molecule has 0 aliphatic carbocycles. The maximum Gasteiger partial charge on any atom is 0.305 e. The molecule has 8 nitrogen and oxygen atoms in total. The molecule has 0 spiro atoms. The third-order valence-corrected chi connectivity index (χ3v) is 6.48. The normalized spacial score (nSPS) is 24.1. The molecular formula is C23H31N5O3. The Morgan fingerprint density at radius 3 is 3.00 bits per heavy atom. The zero-order valence-corrected chi connectivity index (χ0v) is 17.7. The topological polar surface area (TPSA) is 121 Å². The summed E-state index contributed by atoms with van der Waals surface area (Å²) in [6.45, 7) is 1.61. The number of amides is 1. The van der Waals surface area contributed by atoms with Crippen LogP contribution >= 0.6 is 0 Å². The number of carbonyl (C=O) groups is 2. The number of carboxylic acid groups (broad SMARTS) is 1. The van der Waals surface area contributed by atoms with Crippen molar-refractivity contribution in [2.24, 2.45) is 5.92 Å². The van der Waals surface area contributed by atoms with Crippen LogP contribution in [0.2, 0.25) is 0 Å². The van der Waals surface area contributed by atoms with Crippen molar-refractivity contribution in [3.63, 3.8) is 0 Å². The number of nitrogens with one attached hydrogen (secondary N) is 2. The van der Waals surface area contributed by atoms with E-state index in [1.165, 1.54) is 17.7 Å². The maximum absolute atomic E-state index is 13.1. The van der Waals surface area contributed by atoms with Gasteiger partial charge in [-0.3, -0.25) is 14.9 Å². The van der Waals surface area contributed by atoms with Gasteiger partial charge < -0.3 is 21.1 Å². The average Bonchev–Trinajstić information content (AvgIpc) is 3.13. The molecule has 2 unspecified atom stereocenters. The highest BCUT2D eigenvalue weighted by molar-refractivity contribution is 5.82. The largest absolute Gasteiger partial charge is 0.481 e. The Balaban J connectivity index is 1.33. The van der Waals surface area contributed by atoms with Gasteiger partial charge in [0.1, 0.15) is 5.82 Å². The highest BCUT2D eigenvalue weighted by Crippen LogP contribution is 2.33. The van der Waals surface area contributed by atoms with Crippen molar-refractivity contribution in [1.29, 1.82) is 0 Å².